The number of aromatic nitrogens is 1. The topological polar surface area (TPSA) is 79.2 Å². The second kappa shape index (κ2) is 5.68. The molecule has 0 bridgehead atoms. The number of aromatic amines is 1. The monoisotopic (exact) mass is 293 g/mol. The zero-order valence-corrected chi connectivity index (χ0v) is 12.3. The lowest BCUT2D eigenvalue weighted by Crippen LogP contribution is -2.27. The van der Waals surface area contributed by atoms with E-state index in [1.165, 1.54) is 10.5 Å². The molecule has 1 aromatic carbocycles. The van der Waals surface area contributed by atoms with Gasteiger partial charge < -0.3 is 10.7 Å². The molecule has 0 saturated carbocycles. The number of nitrogens with zero attached hydrogens (tertiary/aromatic N) is 1. The van der Waals surface area contributed by atoms with E-state index < -0.39 is 10.0 Å². The number of unbranched alkanes of at least 4 members (excludes halogenated alkanes) is 1. The molecule has 0 fully saturated rings. The van der Waals surface area contributed by atoms with Crippen LogP contribution < -0.4 is 5.73 Å². The number of H-pyrrole nitrogens is 1. The van der Waals surface area contributed by atoms with Gasteiger partial charge in [-0.15, -0.1) is 6.58 Å². The van der Waals surface area contributed by atoms with Gasteiger partial charge in [-0.05, 0) is 31.0 Å². The summed E-state index contributed by atoms with van der Waals surface area (Å²) in [6.45, 7) is 4.10. The van der Waals surface area contributed by atoms with Crippen molar-refractivity contribution in [3.05, 3.63) is 37.1 Å². The standard InChI is InChI=1S/C14H19N3O2S/c1-3-4-5-8-17(2)20(18,19)14-10-16-13-7-6-11(15)9-12(13)14/h3,6-7,9-10,16H,1,4-5,8,15H2,2H3. The number of hydrogen-bond acceptors (Lipinski definition) is 3. The van der Waals surface area contributed by atoms with Crippen LogP contribution in [0.4, 0.5) is 5.69 Å². The number of sulfonamides is 1. The number of fused-ring (bicyclic) bond motifs is 1. The van der Waals surface area contributed by atoms with Crippen LogP contribution in [0.2, 0.25) is 0 Å². The number of rotatable bonds is 6. The molecule has 0 aliphatic carbocycles. The number of anilines is 1. The maximum atomic E-state index is 12.6. The van der Waals surface area contributed by atoms with Gasteiger partial charge in [0.25, 0.3) is 0 Å². The van der Waals surface area contributed by atoms with Gasteiger partial charge in [-0.1, -0.05) is 6.08 Å². The number of nitrogen functional groups attached to an aromatic ring is 1. The highest BCUT2D eigenvalue weighted by molar-refractivity contribution is 7.89. The number of nitrogens with two attached hydrogens (primary N) is 1. The average Bonchev–Trinajstić information content (AvgIpc) is 2.82. The van der Waals surface area contributed by atoms with E-state index in [1.54, 1.807) is 31.3 Å². The van der Waals surface area contributed by atoms with Crippen molar-refractivity contribution in [1.82, 2.24) is 9.29 Å². The van der Waals surface area contributed by atoms with Gasteiger partial charge in [-0.3, -0.25) is 0 Å². The molecule has 0 unspecified atom stereocenters. The molecule has 108 valence electrons. The Morgan fingerprint density at radius 1 is 1.45 bits per heavy atom. The third kappa shape index (κ3) is 2.71. The molecule has 0 spiro atoms. The molecule has 0 aliphatic heterocycles. The molecule has 6 heteroatoms. The lowest BCUT2D eigenvalue weighted by molar-refractivity contribution is 0.463. The Morgan fingerprint density at radius 3 is 2.90 bits per heavy atom. The molecule has 0 radical (unpaired) electrons. The van der Waals surface area contributed by atoms with Gasteiger partial charge in [0.15, 0.2) is 0 Å². The lowest BCUT2D eigenvalue weighted by atomic mass is 10.2. The number of benzene rings is 1. The Labute approximate surface area is 119 Å². The van der Waals surface area contributed by atoms with Crippen molar-refractivity contribution < 1.29 is 8.42 Å². The van der Waals surface area contributed by atoms with Crippen molar-refractivity contribution >= 4 is 26.6 Å². The van der Waals surface area contributed by atoms with Crippen molar-refractivity contribution in [2.45, 2.75) is 17.7 Å². The molecule has 2 aromatic rings. The molecule has 5 nitrogen and oxygen atoms in total. The first-order chi connectivity index (χ1) is 9.46. The van der Waals surface area contributed by atoms with E-state index >= 15 is 0 Å². The molecular weight excluding hydrogens is 274 g/mol. The maximum Gasteiger partial charge on any atom is 0.244 e. The first-order valence-electron chi connectivity index (χ1n) is 6.40. The van der Waals surface area contributed by atoms with Crippen molar-refractivity contribution in [3.8, 4) is 0 Å². The van der Waals surface area contributed by atoms with Gasteiger partial charge in [0.2, 0.25) is 10.0 Å². The predicted molar refractivity (Wildman–Crippen MR) is 82.0 cm³/mol. The smallest absolute Gasteiger partial charge is 0.244 e. The maximum absolute atomic E-state index is 12.6. The minimum absolute atomic E-state index is 0.265. The predicted octanol–water partition coefficient (Wildman–Crippen LogP) is 2.34. The van der Waals surface area contributed by atoms with Gasteiger partial charge in [0, 0.05) is 36.4 Å². The van der Waals surface area contributed by atoms with Crippen molar-refractivity contribution in [3.63, 3.8) is 0 Å². The van der Waals surface area contributed by atoms with Gasteiger partial charge in [0.05, 0.1) is 0 Å². The Kier molecular flexibility index (Phi) is 4.15. The van der Waals surface area contributed by atoms with Crippen molar-refractivity contribution in [2.75, 3.05) is 19.3 Å². The third-order valence-corrected chi connectivity index (χ3v) is 5.13. The Morgan fingerprint density at radius 2 is 2.20 bits per heavy atom. The lowest BCUT2D eigenvalue weighted by Gasteiger charge is -2.16. The van der Waals surface area contributed by atoms with Crippen molar-refractivity contribution in [2.24, 2.45) is 0 Å². The second-order valence-electron chi connectivity index (χ2n) is 4.72. The fraction of sp³-hybridized carbons (Fsp3) is 0.286. The van der Waals surface area contributed by atoms with Gasteiger partial charge in [0.1, 0.15) is 4.90 Å². The molecule has 0 atom stereocenters. The zero-order valence-electron chi connectivity index (χ0n) is 11.5. The summed E-state index contributed by atoms with van der Waals surface area (Å²) in [7, 11) is -1.92. The highest BCUT2D eigenvalue weighted by atomic mass is 32.2. The molecule has 0 aliphatic rings. The molecule has 0 saturated heterocycles. The molecule has 0 amide bonds. The Hall–Kier alpha value is -1.79. The van der Waals surface area contributed by atoms with Crippen molar-refractivity contribution in [1.29, 1.82) is 0 Å². The summed E-state index contributed by atoms with van der Waals surface area (Å²) in [5, 5.41) is 0.626. The summed E-state index contributed by atoms with van der Waals surface area (Å²) < 4.78 is 26.5. The second-order valence-corrected chi connectivity index (χ2v) is 6.73. The van der Waals surface area contributed by atoms with Gasteiger partial charge in [-0.2, -0.15) is 0 Å². The molecular formula is C14H19N3O2S. The van der Waals surface area contributed by atoms with E-state index in [0.717, 1.165) is 18.4 Å². The summed E-state index contributed by atoms with van der Waals surface area (Å²) in [4.78, 5) is 3.23. The van der Waals surface area contributed by atoms with E-state index in [1.807, 2.05) is 0 Å². The van der Waals surface area contributed by atoms with E-state index in [0.29, 0.717) is 17.6 Å². The van der Waals surface area contributed by atoms with Crippen LogP contribution in [0.25, 0.3) is 10.9 Å². The third-order valence-electron chi connectivity index (χ3n) is 3.24. The first kappa shape index (κ1) is 14.6. The van der Waals surface area contributed by atoms with Crippen LogP contribution in [0.1, 0.15) is 12.8 Å². The summed E-state index contributed by atoms with van der Waals surface area (Å²) in [6.07, 6.45) is 4.85. The van der Waals surface area contributed by atoms with E-state index in [-0.39, 0.29) is 4.90 Å². The van der Waals surface area contributed by atoms with Crippen LogP contribution in [0.3, 0.4) is 0 Å². The van der Waals surface area contributed by atoms with E-state index in [2.05, 4.69) is 11.6 Å². The van der Waals surface area contributed by atoms with Crippen LogP contribution in [0.5, 0.6) is 0 Å². The SMILES string of the molecule is C=CCCCN(C)S(=O)(=O)c1c[nH]c2ccc(N)cc12. The number of allylic oxidation sites excluding steroid dienone is 1. The number of nitrogens with one attached hydrogen (secondary N) is 1. The van der Waals surface area contributed by atoms with E-state index in [9.17, 15) is 8.42 Å². The minimum atomic E-state index is -3.51. The van der Waals surface area contributed by atoms with Gasteiger partial charge in [-0.25, -0.2) is 12.7 Å². The van der Waals surface area contributed by atoms with E-state index in [4.69, 9.17) is 5.73 Å². The molecule has 1 heterocycles. The Balaban J connectivity index is 2.36. The van der Waals surface area contributed by atoms with Crippen LogP contribution in [-0.4, -0.2) is 31.3 Å². The summed E-state index contributed by atoms with van der Waals surface area (Å²) >= 11 is 0. The fourth-order valence-electron chi connectivity index (χ4n) is 2.07. The highest BCUT2D eigenvalue weighted by Crippen LogP contribution is 2.26. The molecule has 3 N–H and O–H groups in total. The summed E-state index contributed by atoms with van der Waals surface area (Å²) in [5.74, 6) is 0. The number of hydrogen-bond donors (Lipinski definition) is 2. The minimum Gasteiger partial charge on any atom is -0.399 e. The van der Waals surface area contributed by atoms with Gasteiger partial charge >= 0.3 is 0 Å². The molecule has 2 rings (SSSR count). The average molecular weight is 293 g/mol. The zero-order chi connectivity index (χ0) is 14.8. The summed E-state index contributed by atoms with van der Waals surface area (Å²) in [6, 6.07) is 5.20. The Bertz CT molecular complexity index is 719. The van der Waals surface area contributed by atoms with Crippen LogP contribution in [0.15, 0.2) is 41.9 Å². The fourth-order valence-corrected chi connectivity index (χ4v) is 3.43. The van der Waals surface area contributed by atoms with Crippen LogP contribution >= 0.6 is 0 Å². The van der Waals surface area contributed by atoms with Crippen LogP contribution in [-0.2, 0) is 10.0 Å². The normalized spacial score (nSPS) is 12.1. The van der Waals surface area contributed by atoms with Crippen LogP contribution in [0, 0.1) is 0 Å². The molecule has 1 aromatic heterocycles. The summed E-state index contributed by atoms with van der Waals surface area (Å²) in [5.41, 5.74) is 7.04. The quantitative estimate of drug-likeness (QED) is 0.487. The largest absolute Gasteiger partial charge is 0.399 e. The molecule has 20 heavy (non-hydrogen) atoms. The highest BCUT2D eigenvalue weighted by Gasteiger charge is 2.23. The first-order valence-corrected chi connectivity index (χ1v) is 7.84.